The van der Waals surface area contributed by atoms with Gasteiger partial charge in [0.15, 0.2) is 0 Å². The largest absolute Gasteiger partial charge is 0.352 e. The van der Waals surface area contributed by atoms with Gasteiger partial charge in [0.1, 0.15) is 6.54 Å². The average Bonchev–Trinajstić information content (AvgIpc) is 2.69. The van der Waals surface area contributed by atoms with Crippen molar-refractivity contribution in [2.24, 2.45) is 0 Å². The molecule has 1 saturated carbocycles. The fraction of sp³-hybridized carbons (Fsp3) is 0.435. The van der Waals surface area contributed by atoms with Crippen LogP contribution in [0.2, 0.25) is 0 Å². The Kier molecular flexibility index (Phi) is 7.94. The molecule has 0 unspecified atom stereocenters. The number of nitrogens with zero attached hydrogens (tertiary/aromatic N) is 1. The first-order chi connectivity index (χ1) is 14.4. The lowest BCUT2D eigenvalue weighted by atomic mass is 9.97. The Morgan fingerprint density at radius 2 is 1.53 bits per heavy atom. The van der Waals surface area contributed by atoms with Gasteiger partial charge in [-0.1, -0.05) is 65.7 Å². The monoisotopic (exact) mass is 492 g/mol. The average molecular weight is 493 g/mol. The quantitative estimate of drug-likeness (QED) is 0.603. The molecule has 1 aliphatic rings. The summed E-state index contributed by atoms with van der Waals surface area (Å²) >= 11 is 3.38. The third-order valence-electron chi connectivity index (χ3n) is 5.48. The summed E-state index contributed by atoms with van der Waals surface area (Å²) in [6.45, 7) is 1.67. The van der Waals surface area contributed by atoms with E-state index in [0.717, 1.165) is 35.7 Å². The number of benzene rings is 2. The summed E-state index contributed by atoms with van der Waals surface area (Å²) in [5.41, 5.74) is 1.44. The zero-order valence-corrected chi connectivity index (χ0v) is 19.7. The predicted octanol–water partition coefficient (Wildman–Crippen LogP) is 5.18. The molecule has 162 valence electrons. The number of anilines is 1. The topological polar surface area (TPSA) is 66.5 Å². The van der Waals surface area contributed by atoms with Crippen LogP contribution in [0.25, 0.3) is 0 Å². The molecule has 0 radical (unpaired) electrons. The minimum atomic E-state index is -3.88. The molecule has 1 aliphatic carbocycles. The van der Waals surface area contributed by atoms with Crippen molar-refractivity contribution in [3.8, 4) is 0 Å². The van der Waals surface area contributed by atoms with E-state index in [1.807, 2.05) is 6.92 Å². The Balaban J connectivity index is 1.83. The SMILES string of the molecule is Cc1ccc(S(=O)(=O)N(CC(=O)NC2CCCCCCC2)c2ccc(Br)cc2)cc1. The van der Waals surface area contributed by atoms with E-state index in [9.17, 15) is 13.2 Å². The van der Waals surface area contributed by atoms with Crippen LogP contribution in [0.4, 0.5) is 5.69 Å². The normalized spacial score (nSPS) is 15.8. The van der Waals surface area contributed by atoms with Crippen LogP contribution in [0.3, 0.4) is 0 Å². The minimum Gasteiger partial charge on any atom is -0.352 e. The molecule has 5 nitrogen and oxygen atoms in total. The summed E-state index contributed by atoms with van der Waals surface area (Å²) in [6.07, 6.45) is 7.75. The molecule has 0 atom stereocenters. The molecule has 1 fully saturated rings. The summed E-state index contributed by atoms with van der Waals surface area (Å²) in [5, 5.41) is 3.08. The molecular formula is C23H29BrN2O3S. The van der Waals surface area contributed by atoms with Crippen molar-refractivity contribution < 1.29 is 13.2 Å². The number of carbonyl (C=O) groups is 1. The van der Waals surface area contributed by atoms with Crippen LogP contribution < -0.4 is 9.62 Å². The highest BCUT2D eigenvalue weighted by Gasteiger charge is 2.28. The molecule has 2 aromatic carbocycles. The van der Waals surface area contributed by atoms with E-state index in [2.05, 4.69) is 21.2 Å². The summed E-state index contributed by atoms with van der Waals surface area (Å²) in [5.74, 6) is -0.265. The molecule has 1 amide bonds. The number of amides is 1. The Morgan fingerprint density at radius 3 is 2.13 bits per heavy atom. The molecule has 0 bridgehead atoms. The Bertz CT molecular complexity index is 935. The smallest absolute Gasteiger partial charge is 0.264 e. The van der Waals surface area contributed by atoms with Gasteiger partial charge >= 0.3 is 0 Å². The maximum Gasteiger partial charge on any atom is 0.264 e. The highest BCUT2D eigenvalue weighted by Crippen LogP contribution is 2.26. The van der Waals surface area contributed by atoms with Crippen molar-refractivity contribution >= 4 is 37.5 Å². The van der Waals surface area contributed by atoms with Crippen molar-refractivity contribution in [3.05, 3.63) is 58.6 Å². The lowest BCUT2D eigenvalue weighted by molar-refractivity contribution is -0.120. The molecule has 7 heteroatoms. The van der Waals surface area contributed by atoms with E-state index < -0.39 is 10.0 Å². The number of aryl methyl sites for hydroxylation is 1. The third-order valence-corrected chi connectivity index (χ3v) is 7.80. The highest BCUT2D eigenvalue weighted by molar-refractivity contribution is 9.10. The fourth-order valence-electron chi connectivity index (χ4n) is 3.76. The van der Waals surface area contributed by atoms with Crippen LogP contribution >= 0.6 is 15.9 Å². The summed E-state index contributed by atoms with van der Waals surface area (Å²) < 4.78 is 28.8. The first kappa shape index (κ1) is 22.8. The van der Waals surface area contributed by atoms with Gasteiger partial charge in [-0.15, -0.1) is 0 Å². The molecule has 0 saturated heterocycles. The highest BCUT2D eigenvalue weighted by atomic mass is 79.9. The number of hydrogen-bond acceptors (Lipinski definition) is 3. The second kappa shape index (κ2) is 10.4. The minimum absolute atomic E-state index is 0.117. The van der Waals surface area contributed by atoms with Crippen LogP contribution in [-0.2, 0) is 14.8 Å². The van der Waals surface area contributed by atoms with Crippen molar-refractivity contribution in [2.75, 3.05) is 10.8 Å². The van der Waals surface area contributed by atoms with Gasteiger partial charge in [-0.3, -0.25) is 9.10 Å². The lowest BCUT2D eigenvalue weighted by Crippen LogP contribution is -2.44. The molecule has 2 aromatic rings. The van der Waals surface area contributed by atoms with E-state index in [0.29, 0.717) is 5.69 Å². The van der Waals surface area contributed by atoms with Crippen molar-refractivity contribution in [3.63, 3.8) is 0 Å². The summed E-state index contributed by atoms with van der Waals surface area (Å²) in [6, 6.07) is 13.8. The van der Waals surface area contributed by atoms with Gasteiger partial charge in [0.05, 0.1) is 10.6 Å². The van der Waals surface area contributed by atoms with Crippen molar-refractivity contribution in [1.82, 2.24) is 5.32 Å². The number of hydrogen-bond donors (Lipinski definition) is 1. The van der Waals surface area contributed by atoms with Crippen molar-refractivity contribution in [1.29, 1.82) is 0 Å². The van der Waals surface area contributed by atoms with E-state index in [-0.39, 0.29) is 23.4 Å². The molecule has 0 spiro atoms. The van der Waals surface area contributed by atoms with Crippen LogP contribution in [0.1, 0.15) is 50.5 Å². The van der Waals surface area contributed by atoms with E-state index in [1.165, 1.54) is 23.6 Å². The van der Waals surface area contributed by atoms with Crippen LogP contribution in [0.5, 0.6) is 0 Å². The van der Waals surface area contributed by atoms with Crippen LogP contribution in [0, 0.1) is 6.92 Å². The summed E-state index contributed by atoms with van der Waals surface area (Å²) in [4.78, 5) is 13.0. The predicted molar refractivity (Wildman–Crippen MR) is 124 cm³/mol. The van der Waals surface area contributed by atoms with Crippen LogP contribution in [-0.4, -0.2) is 26.9 Å². The Labute approximate surface area is 188 Å². The lowest BCUT2D eigenvalue weighted by Gasteiger charge is -2.26. The van der Waals surface area contributed by atoms with Gasteiger partial charge in [-0.05, 0) is 56.2 Å². The van der Waals surface area contributed by atoms with Gasteiger partial charge in [-0.25, -0.2) is 8.42 Å². The molecule has 0 aliphatic heterocycles. The third kappa shape index (κ3) is 6.08. The van der Waals surface area contributed by atoms with Gasteiger partial charge in [0, 0.05) is 10.5 Å². The Morgan fingerprint density at radius 1 is 0.967 bits per heavy atom. The Hall–Kier alpha value is -1.86. The first-order valence-electron chi connectivity index (χ1n) is 10.5. The number of sulfonamides is 1. The maximum absolute atomic E-state index is 13.4. The molecule has 0 heterocycles. The fourth-order valence-corrected chi connectivity index (χ4v) is 5.45. The number of carbonyl (C=O) groups excluding carboxylic acids is 1. The van der Waals surface area contributed by atoms with E-state index in [1.54, 1.807) is 48.5 Å². The van der Waals surface area contributed by atoms with Crippen molar-refractivity contribution in [2.45, 2.75) is 62.8 Å². The molecular weight excluding hydrogens is 464 g/mol. The van der Waals surface area contributed by atoms with Crippen LogP contribution in [0.15, 0.2) is 57.9 Å². The zero-order valence-electron chi connectivity index (χ0n) is 17.3. The second-order valence-electron chi connectivity index (χ2n) is 7.91. The van der Waals surface area contributed by atoms with E-state index in [4.69, 9.17) is 0 Å². The summed E-state index contributed by atoms with van der Waals surface area (Å²) in [7, 11) is -3.88. The molecule has 1 N–H and O–H groups in total. The second-order valence-corrected chi connectivity index (χ2v) is 10.7. The maximum atomic E-state index is 13.4. The number of nitrogens with one attached hydrogen (secondary N) is 1. The zero-order chi connectivity index (χ0) is 21.6. The number of halogens is 1. The first-order valence-corrected chi connectivity index (χ1v) is 12.7. The van der Waals surface area contributed by atoms with Gasteiger partial charge in [0.25, 0.3) is 10.0 Å². The number of rotatable bonds is 6. The van der Waals surface area contributed by atoms with E-state index >= 15 is 0 Å². The van der Waals surface area contributed by atoms with Gasteiger partial charge in [-0.2, -0.15) is 0 Å². The van der Waals surface area contributed by atoms with Gasteiger partial charge in [0.2, 0.25) is 5.91 Å². The molecule has 0 aromatic heterocycles. The van der Waals surface area contributed by atoms with Gasteiger partial charge < -0.3 is 5.32 Å². The standard InChI is InChI=1S/C23H29BrN2O3S/c1-18-9-15-22(16-10-18)30(28,29)26(21-13-11-19(24)12-14-21)17-23(27)25-20-7-5-3-2-4-6-8-20/h9-16,20H,2-8,17H2,1H3,(H,25,27). The molecule has 30 heavy (non-hydrogen) atoms. The molecule has 3 rings (SSSR count).